The van der Waals surface area contributed by atoms with Gasteiger partial charge in [0.1, 0.15) is 6.04 Å². The summed E-state index contributed by atoms with van der Waals surface area (Å²) >= 11 is 0. The number of carbonyl (C=O) groups excluding carboxylic acids is 1. The predicted molar refractivity (Wildman–Crippen MR) is 42.4 cm³/mol. The van der Waals surface area contributed by atoms with Crippen molar-refractivity contribution in [2.24, 2.45) is 5.18 Å². The number of alkyl carbamates (subject to hydrolysis) is 1. The average molecular weight is 170 g/mol. The highest BCUT2D eigenvalue weighted by molar-refractivity contribution is 5.70. The van der Waals surface area contributed by atoms with Crippen molar-refractivity contribution in [3.05, 3.63) is 16.7 Å². The Kier molecular flexibility index (Phi) is 2.79. The van der Waals surface area contributed by atoms with Crippen molar-refractivity contribution in [3.8, 4) is 0 Å². The minimum absolute atomic E-state index is 0.236. The molecule has 1 aliphatic heterocycles. The molecule has 0 aromatic carbocycles. The number of rotatable bonds is 1. The number of hydrogen-bond acceptors (Lipinski definition) is 4. The van der Waals surface area contributed by atoms with Gasteiger partial charge in [-0.3, -0.25) is 5.32 Å². The van der Waals surface area contributed by atoms with Gasteiger partial charge in [0.25, 0.3) is 0 Å². The van der Waals surface area contributed by atoms with E-state index in [0.717, 1.165) is 0 Å². The van der Waals surface area contributed by atoms with E-state index in [0.29, 0.717) is 12.1 Å². The van der Waals surface area contributed by atoms with E-state index in [4.69, 9.17) is 0 Å². The maximum Gasteiger partial charge on any atom is 0.411 e. The molecular weight excluding hydrogens is 160 g/mol. The van der Waals surface area contributed by atoms with Crippen LogP contribution in [0.2, 0.25) is 0 Å². The van der Waals surface area contributed by atoms with Crippen LogP contribution in [-0.4, -0.2) is 18.7 Å². The lowest BCUT2D eigenvalue weighted by Gasteiger charge is -2.06. The van der Waals surface area contributed by atoms with Gasteiger partial charge in [-0.05, 0) is 6.92 Å². The zero-order chi connectivity index (χ0) is 8.97. The lowest BCUT2D eigenvalue weighted by Crippen LogP contribution is -2.24. The fourth-order valence-corrected chi connectivity index (χ4v) is 1.03. The van der Waals surface area contributed by atoms with Gasteiger partial charge in [-0.1, -0.05) is 11.3 Å². The molecule has 0 saturated carbocycles. The summed E-state index contributed by atoms with van der Waals surface area (Å²) in [6.45, 7) is 1.97. The van der Waals surface area contributed by atoms with Crippen molar-refractivity contribution >= 4 is 6.09 Å². The summed E-state index contributed by atoms with van der Waals surface area (Å²) < 4.78 is 4.68. The molecule has 1 fully saturated rings. The fraction of sp³-hybridized carbons (Fsp3) is 0.571. The zero-order valence-electron chi connectivity index (χ0n) is 6.74. The zero-order valence-corrected chi connectivity index (χ0v) is 6.74. The van der Waals surface area contributed by atoms with Crippen LogP contribution in [0, 0.1) is 4.91 Å². The van der Waals surface area contributed by atoms with Crippen LogP contribution in [0.15, 0.2) is 16.9 Å². The molecule has 0 spiro atoms. The van der Waals surface area contributed by atoms with Gasteiger partial charge in [0, 0.05) is 12.1 Å². The second-order valence-electron chi connectivity index (χ2n) is 2.41. The Hall–Kier alpha value is -1.39. The standard InChI is InChI=1S/C7H10N2O3/c1-2-5-6(9-11)3-4-12-7(10)8-5/h2,6H,3-4H2,1H3,(H,8,10)/b5-2-. The minimum atomic E-state index is -0.519. The molecule has 1 saturated heterocycles. The lowest BCUT2D eigenvalue weighted by atomic mass is 10.1. The van der Waals surface area contributed by atoms with Crippen LogP contribution in [0.4, 0.5) is 4.79 Å². The van der Waals surface area contributed by atoms with Gasteiger partial charge in [-0.2, -0.15) is 4.91 Å². The number of cyclic esters (lactones) is 1. The van der Waals surface area contributed by atoms with Gasteiger partial charge in [0.2, 0.25) is 0 Å². The highest BCUT2D eigenvalue weighted by Crippen LogP contribution is 2.11. The first-order valence-electron chi connectivity index (χ1n) is 3.70. The van der Waals surface area contributed by atoms with Crippen molar-refractivity contribution in [1.82, 2.24) is 5.32 Å². The molecule has 0 aliphatic carbocycles. The normalized spacial score (nSPS) is 27.2. The second-order valence-corrected chi connectivity index (χ2v) is 2.41. The number of carbonyl (C=O) groups is 1. The monoisotopic (exact) mass is 170 g/mol. The summed E-state index contributed by atoms with van der Waals surface area (Å²) in [6, 6.07) is -0.485. The van der Waals surface area contributed by atoms with E-state index in [9.17, 15) is 9.70 Å². The van der Waals surface area contributed by atoms with Gasteiger partial charge in [-0.25, -0.2) is 4.79 Å². The first-order chi connectivity index (χ1) is 5.77. The Morgan fingerprint density at radius 1 is 1.75 bits per heavy atom. The molecule has 1 aliphatic rings. The number of amides is 1. The van der Waals surface area contributed by atoms with E-state index >= 15 is 0 Å². The summed E-state index contributed by atoms with van der Waals surface area (Å²) in [7, 11) is 0. The number of nitroso groups, excluding NO2 is 1. The topological polar surface area (TPSA) is 67.8 Å². The van der Waals surface area contributed by atoms with Crippen molar-refractivity contribution in [1.29, 1.82) is 0 Å². The van der Waals surface area contributed by atoms with Gasteiger partial charge in [0.05, 0.1) is 6.61 Å². The Balaban J connectivity index is 2.75. The second kappa shape index (κ2) is 3.85. The molecule has 0 aromatic rings. The quantitative estimate of drug-likeness (QED) is 0.600. The lowest BCUT2D eigenvalue weighted by molar-refractivity contribution is 0.153. The van der Waals surface area contributed by atoms with Gasteiger partial charge >= 0.3 is 6.09 Å². The molecule has 1 N–H and O–H groups in total. The Labute approximate surface area is 69.8 Å². The van der Waals surface area contributed by atoms with Crippen LogP contribution in [0.25, 0.3) is 0 Å². The molecule has 1 heterocycles. The predicted octanol–water partition coefficient (Wildman–Crippen LogP) is 1.16. The van der Waals surface area contributed by atoms with Gasteiger partial charge < -0.3 is 4.74 Å². The minimum Gasteiger partial charge on any atom is -0.449 e. The van der Waals surface area contributed by atoms with Crippen molar-refractivity contribution in [3.63, 3.8) is 0 Å². The van der Waals surface area contributed by atoms with E-state index < -0.39 is 12.1 Å². The molecule has 0 radical (unpaired) electrons. The Morgan fingerprint density at radius 2 is 2.50 bits per heavy atom. The van der Waals surface area contributed by atoms with Crippen LogP contribution in [0.5, 0.6) is 0 Å². The summed E-state index contributed by atoms with van der Waals surface area (Å²) in [6.07, 6.45) is 1.58. The van der Waals surface area contributed by atoms with Crippen LogP contribution in [0.1, 0.15) is 13.3 Å². The van der Waals surface area contributed by atoms with Gasteiger partial charge in [0.15, 0.2) is 0 Å². The summed E-state index contributed by atoms with van der Waals surface area (Å²) in [5, 5.41) is 5.32. The molecule has 12 heavy (non-hydrogen) atoms. The first kappa shape index (κ1) is 8.70. The molecular formula is C7H10N2O3. The number of hydrogen-bond donors (Lipinski definition) is 1. The third-order valence-electron chi connectivity index (χ3n) is 1.67. The van der Waals surface area contributed by atoms with Crippen molar-refractivity contribution < 1.29 is 9.53 Å². The summed E-state index contributed by atoms with van der Waals surface area (Å²) in [5.74, 6) is 0. The van der Waals surface area contributed by atoms with E-state index in [1.54, 1.807) is 13.0 Å². The summed E-state index contributed by atoms with van der Waals surface area (Å²) in [4.78, 5) is 21.1. The average Bonchev–Trinajstić information content (AvgIpc) is 2.26. The third-order valence-corrected chi connectivity index (χ3v) is 1.67. The van der Waals surface area contributed by atoms with Crippen LogP contribution >= 0.6 is 0 Å². The summed E-state index contributed by atoms with van der Waals surface area (Å²) in [5.41, 5.74) is 0.521. The largest absolute Gasteiger partial charge is 0.449 e. The van der Waals surface area contributed by atoms with Crippen molar-refractivity contribution in [2.45, 2.75) is 19.4 Å². The first-order valence-corrected chi connectivity index (χ1v) is 3.70. The Morgan fingerprint density at radius 3 is 3.08 bits per heavy atom. The molecule has 5 heteroatoms. The third kappa shape index (κ3) is 1.81. The molecule has 5 nitrogen and oxygen atoms in total. The van der Waals surface area contributed by atoms with Crippen molar-refractivity contribution in [2.75, 3.05) is 6.61 Å². The fourth-order valence-electron chi connectivity index (χ4n) is 1.03. The molecule has 0 bridgehead atoms. The van der Waals surface area contributed by atoms with Gasteiger partial charge in [-0.15, -0.1) is 0 Å². The number of allylic oxidation sites excluding steroid dienone is 1. The molecule has 1 unspecified atom stereocenters. The SMILES string of the molecule is C/C=C1\NC(=O)OCCC1N=O. The number of ether oxygens (including phenoxy) is 1. The van der Waals surface area contributed by atoms with Crippen LogP contribution in [-0.2, 0) is 4.74 Å². The maximum atomic E-state index is 10.8. The van der Waals surface area contributed by atoms with Crippen LogP contribution in [0.3, 0.4) is 0 Å². The maximum absolute atomic E-state index is 10.8. The van der Waals surface area contributed by atoms with Crippen LogP contribution < -0.4 is 5.32 Å². The molecule has 66 valence electrons. The number of nitrogens with one attached hydrogen (secondary N) is 1. The molecule has 1 atom stereocenters. The molecule has 1 rings (SSSR count). The van der Waals surface area contributed by atoms with E-state index in [1.165, 1.54) is 0 Å². The van der Waals surface area contributed by atoms with E-state index in [-0.39, 0.29) is 6.61 Å². The van der Waals surface area contributed by atoms with E-state index in [1.807, 2.05) is 0 Å². The molecule has 1 amide bonds. The molecule has 0 aromatic heterocycles. The smallest absolute Gasteiger partial charge is 0.411 e. The Bertz CT molecular complexity index is 225. The number of nitrogens with zero attached hydrogens (tertiary/aromatic N) is 1. The van der Waals surface area contributed by atoms with E-state index in [2.05, 4.69) is 15.2 Å². The highest BCUT2D eigenvalue weighted by Gasteiger charge is 2.21. The highest BCUT2D eigenvalue weighted by atomic mass is 16.5.